The van der Waals surface area contributed by atoms with Crippen LogP contribution in [0.3, 0.4) is 0 Å². The zero-order chi connectivity index (χ0) is 30.7. The molecule has 43 heavy (non-hydrogen) atoms. The fraction of sp³-hybridized carbons (Fsp3) is 0.333. The number of carbonyl (C=O) groups is 2. The molecule has 2 atom stereocenters. The van der Waals surface area contributed by atoms with Crippen molar-refractivity contribution in [2.45, 2.75) is 19.8 Å². The number of halogens is 3. The normalized spacial score (nSPS) is 17.1. The Morgan fingerprint density at radius 2 is 2.00 bits per heavy atom. The second-order valence-electron chi connectivity index (χ2n) is 10.5. The number of anilines is 2. The summed E-state index contributed by atoms with van der Waals surface area (Å²) in [6.07, 6.45) is 6.02. The summed E-state index contributed by atoms with van der Waals surface area (Å²) in [6, 6.07) is 7.62. The van der Waals surface area contributed by atoms with Gasteiger partial charge in [-0.1, -0.05) is 18.5 Å². The molecule has 0 spiro atoms. The van der Waals surface area contributed by atoms with Gasteiger partial charge in [-0.15, -0.1) is 0 Å². The highest BCUT2D eigenvalue weighted by Crippen LogP contribution is 2.32. The Labute approximate surface area is 251 Å². The molecule has 0 saturated carbocycles. The second-order valence-corrected chi connectivity index (χ2v) is 10.9. The third-order valence-corrected chi connectivity index (χ3v) is 8.06. The topological polar surface area (TPSA) is 121 Å². The molecule has 2 aromatic carbocycles. The minimum Gasteiger partial charge on any atom is -0.494 e. The minimum absolute atomic E-state index is 0.0105. The lowest BCUT2D eigenvalue weighted by Gasteiger charge is -2.34. The van der Waals surface area contributed by atoms with Crippen molar-refractivity contribution >= 4 is 40.6 Å². The van der Waals surface area contributed by atoms with Crippen LogP contribution in [-0.2, 0) is 4.79 Å². The molecule has 3 heterocycles. The maximum absolute atomic E-state index is 14.8. The molecule has 13 heteroatoms. The van der Waals surface area contributed by atoms with Crippen molar-refractivity contribution in [1.82, 2.24) is 24.6 Å². The van der Waals surface area contributed by atoms with E-state index in [0.29, 0.717) is 54.5 Å². The molecule has 1 fully saturated rings. The van der Waals surface area contributed by atoms with Gasteiger partial charge in [0.1, 0.15) is 0 Å². The summed E-state index contributed by atoms with van der Waals surface area (Å²) < 4.78 is 35.6. The number of piperidine rings is 1. The third-order valence-electron chi connectivity index (χ3n) is 7.74. The molecule has 4 aromatic rings. The number of hydrogen-bond donors (Lipinski definition) is 3. The van der Waals surface area contributed by atoms with Crippen molar-refractivity contribution in [3.8, 4) is 17.0 Å². The van der Waals surface area contributed by atoms with Crippen LogP contribution in [0.5, 0.6) is 5.75 Å². The molecule has 3 N–H and O–H groups in total. The fourth-order valence-electron chi connectivity index (χ4n) is 5.27. The number of carboxylic acids is 1. The first-order chi connectivity index (χ1) is 20.7. The monoisotopic (exact) mass is 612 g/mol. The van der Waals surface area contributed by atoms with Gasteiger partial charge < -0.3 is 25.4 Å². The van der Waals surface area contributed by atoms with Gasteiger partial charge in [0.15, 0.2) is 23.0 Å². The molecule has 0 radical (unpaired) electrons. The number of hydrogen-bond acceptors (Lipinski definition) is 7. The van der Waals surface area contributed by atoms with Crippen molar-refractivity contribution in [2.24, 2.45) is 11.8 Å². The number of nitrogens with one attached hydrogen (secondary N) is 2. The molecular weight excluding hydrogens is 582 g/mol. The fourth-order valence-corrected chi connectivity index (χ4v) is 5.54. The van der Waals surface area contributed by atoms with Gasteiger partial charge in [0.25, 0.3) is 5.91 Å². The zero-order valence-electron chi connectivity index (χ0n) is 23.6. The summed E-state index contributed by atoms with van der Waals surface area (Å²) in [6.45, 7) is 4.46. The van der Waals surface area contributed by atoms with E-state index in [9.17, 15) is 23.5 Å². The molecule has 5 rings (SSSR count). The number of fused-ring (bicyclic) bond motifs is 1. The standard InChI is InChI=1S/C30H31ClF2N6O4/c1-17-8-12-38(16-21(17)30(41)42)11-3-9-35-29(40)19-5-4-18(14-22(19)31)37-27-28-36-15-23(39(28)13-10-34-27)20-6-7-24(43-2)26(33)25(20)32/h4-7,10,13-15,17,21H,3,8-9,11-12,16H2,1-2H3,(H,34,37)(H,35,40)(H,41,42). The van der Waals surface area contributed by atoms with Gasteiger partial charge in [-0.05, 0) is 62.2 Å². The summed E-state index contributed by atoms with van der Waals surface area (Å²) in [4.78, 5) is 35.0. The molecular formula is C30H31ClF2N6O4. The van der Waals surface area contributed by atoms with E-state index in [1.54, 1.807) is 28.8 Å². The molecule has 1 saturated heterocycles. The largest absolute Gasteiger partial charge is 0.494 e. The lowest BCUT2D eigenvalue weighted by atomic mass is 9.87. The maximum atomic E-state index is 14.8. The van der Waals surface area contributed by atoms with Crippen LogP contribution in [0.25, 0.3) is 16.9 Å². The second kappa shape index (κ2) is 12.9. The Kier molecular flexibility index (Phi) is 9.07. The summed E-state index contributed by atoms with van der Waals surface area (Å²) >= 11 is 6.45. The van der Waals surface area contributed by atoms with E-state index in [2.05, 4.69) is 25.5 Å². The number of methoxy groups -OCH3 is 1. The van der Waals surface area contributed by atoms with Gasteiger partial charge in [0.2, 0.25) is 5.82 Å². The smallest absolute Gasteiger partial charge is 0.308 e. The van der Waals surface area contributed by atoms with E-state index < -0.39 is 17.6 Å². The summed E-state index contributed by atoms with van der Waals surface area (Å²) in [7, 11) is 1.26. The van der Waals surface area contributed by atoms with Crippen LogP contribution in [0.1, 0.15) is 30.1 Å². The Morgan fingerprint density at radius 1 is 1.19 bits per heavy atom. The quantitative estimate of drug-likeness (QED) is 0.208. The predicted molar refractivity (Wildman–Crippen MR) is 158 cm³/mol. The van der Waals surface area contributed by atoms with Crippen LogP contribution in [0, 0.1) is 23.5 Å². The highest BCUT2D eigenvalue weighted by atomic mass is 35.5. The SMILES string of the molecule is COc1ccc(-c2cnc3c(Nc4ccc(C(=O)NCCCN5CCC(C)C(C(=O)O)C5)c(Cl)c4)nccn23)c(F)c1F. The minimum atomic E-state index is -1.09. The number of carboxylic acid groups (broad SMARTS) is 1. The average Bonchev–Trinajstić information content (AvgIpc) is 3.42. The van der Waals surface area contributed by atoms with Crippen LogP contribution in [-0.4, -0.2) is 69.5 Å². The number of ether oxygens (including phenoxy) is 1. The number of carbonyl (C=O) groups excluding carboxylic acids is 1. The number of rotatable bonds is 10. The van der Waals surface area contributed by atoms with E-state index in [-0.39, 0.29) is 34.1 Å². The van der Waals surface area contributed by atoms with Crippen LogP contribution < -0.4 is 15.4 Å². The number of aromatic nitrogens is 3. The number of benzene rings is 2. The van der Waals surface area contributed by atoms with Gasteiger partial charge in [-0.3, -0.25) is 14.0 Å². The van der Waals surface area contributed by atoms with Crippen molar-refractivity contribution < 1.29 is 28.2 Å². The Hall–Kier alpha value is -4.29. The van der Waals surface area contributed by atoms with Gasteiger partial charge in [0, 0.05) is 36.7 Å². The molecule has 1 amide bonds. The predicted octanol–water partition coefficient (Wildman–Crippen LogP) is 5.24. The lowest BCUT2D eigenvalue weighted by Crippen LogP contribution is -2.43. The highest BCUT2D eigenvalue weighted by molar-refractivity contribution is 6.34. The van der Waals surface area contributed by atoms with E-state index in [1.165, 1.54) is 31.6 Å². The van der Waals surface area contributed by atoms with E-state index >= 15 is 0 Å². The van der Waals surface area contributed by atoms with Crippen molar-refractivity contribution in [2.75, 3.05) is 38.6 Å². The van der Waals surface area contributed by atoms with Crippen LogP contribution in [0.4, 0.5) is 20.3 Å². The first-order valence-corrected chi connectivity index (χ1v) is 14.2. The molecule has 226 valence electrons. The number of amides is 1. The van der Waals surface area contributed by atoms with Gasteiger partial charge in [0.05, 0.1) is 35.5 Å². The molecule has 2 unspecified atom stereocenters. The van der Waals surface area contributed by atoms with Gasteiger partial charge >= 0.3 is 5.97 Å². The van der Waals surface area contributed by atoms with Gasteiger partial charge in [-0.25, -0.2) is 14.4 Å². The molecule has 0 bridgehead atoms. The summed E-state index contributed by atoms with van der Waals surface area (Å²) in [5, 5.41) is 15.6. The van der Waals surface area contributed by atoms with E-state index in [0.717, 1.165) is 13.0 Å². The molecule has 1 aliphatic rings. The number of imidazole rings is 1. The number of nitrogens with zero attached hydrogens (tertiary/aromatic N) is 4. The zero-order valence-corrected chi connectivity index (χ0v) is 24.4. The molecule has 2 aromatic heterocycles. The first kappa shape index (κ1) is 30.2. The van der Waals surface area contributed by atoms with Crippen molar-refractivity contribution in [1.29, 1.82) is 0 Å². The van der Waals surface area contributed by atoms with E-state index in [1.807, 2.05) is 6.92 Å². The van der Waals surface area contributed by atoms with E-state index in [4.69, 9.17) is 16.3 Å². The molecule has 1 aliphatic heterocycles. The third kappa shape index (κ3) is 6.40. The Bertz CT molecular complexity index is 1670. The Morgan fingerprint density at radius 3 is 2.74 bits per heavy atom. The van der Waals surface area contributed by atoms with Crippen LogP contribution >= 0.6 is 11.6 Å². The maximum Gasteiger partial charge on any atom is 0.308 e. The number of aliphatic carboxylic acids is 1. The van der Waals surface area contributed by atoms with Gasteiger partial charge in [-0.2, -0.15) is 4.39 Å². The molecule has 10 nitrogen and oxygen atoms in total. The van der Waals surface area contributed by atoms with Crippen molar-refractivity contribution in [3.05, 3.63) is 71.1 Å². The average molecular weight is 613 g/mol. The van der Waals surface area contributed by atoms with Crippen LogP contribution in [0.2, 0.25) is 5.02 Å². The lowest BCUT2D eigenvalue weighted by molar-refractivity contribution is -0.145. The summed E-state index contributed by atoms with van der Waals surface area (Å²) in [5.41, 5.74) is 1.54. The Balaban J connectivity index is 1.22. The van der Waals surface area contributed by atoms with Crippen LogP contribution in [0.15, 0.2) is 48.9 Å². The highest BCUT2D eigenvalue weighted by Gasteiger charge is 2.31. The molecule has 0 aliphatic carbocycles. The summed E-state index contributed by atoms with van der Waals surface area (Å²) in [5.74, 6) is -3.30. The number of likely N-dealkylation sites (tertiary alicyclic amines) is 1. The van der Waals surface area contributed by atoms with Crippen molar-refractivity contribution in [3.63, 3.8) is 0 Å². The first-order valence-electron chi connectivity index (χ1n) is 13.8.